The van der Waals surface area contributed by atoms with Crippen molar-refractivity contribution in [2.45, 2.75) is 0 Å². The fraction of sp³-hybridized carbons (Fsp3) is 0. The van der Waals surface area contributed by atoms with E-state index in [1.54, 1.807) is 6.07 Å². The van der Waals surface area contributed by atoms with Gasteiger partial charge < -0.3 is 9.13 Å². The van der Waals surface area contributed by atoms with E-state index in [-0.39, 0.29) is 0 Å². The molecule has 0 unspecified atom stereocenters. The van der Waals surface area contributed by atoms with E-state index >= 15 is 0 Å². The molecule has 3 heterocycles. The number of nitrogens with zero attached hydrogens (tertiary/aromatic N) is 6. The molecule has 6 heteroatoms. The zero-order chi connectivity index (χ0) is 42.6. The molecule has 0 fully saturated rings. The Balaban J connectivity index is 1.13. The van der Waals surface area contributed by atoms with E-state index < -0.39 is 0 Å². The summed E-state index contributed by atoms with van der Waals surface area (Å²) in [6, 6.07) is 78.1. The number of hydrogen-bond donors (Lipinski definition) is 0. The predicted molar refractivity (Wildman–Crippen MR) is 260 cm³/mol. The molecule has 12 rings (SSSR count). The average molecular weight is 817 g/mol. The Morgan fingerprint density at radius 3 is 1.52 bits per heavy atom. The van der Waals surface area contributed by atoms with E-state index in [1.807, 2.05) is 42.5 Å². The molecule has 0 spiro atoms. The van der Waals surface area contributed by atoms with Gasteiger partial charge in [0.2, 0.25) is 0 Å². The van der Waals surface area contributed by atoms with Crippen LogP contribution in [0.1, 0.15) is 5.56 Å². The van der Waals surface area contributed by atoms with Crippen LogP contribution in [-0.2, 0) is 0 Å². The van der Waals surface area contributed by atoms with Gasteiger partial charge in [-0.15, -0.1) is 0 Å². The van der Waals surface area contributed by atoms with Gasteiger partial charge in [0.15, 0.2) is 17.5 Å². The zero-order valence-corrected chi connectivity index (χ0v) is 34.5. The van der Waals surface area contributed by atoms with Crippen LogP contribution in [-0.4, -0.2) is 24.1 Å². The number of benzene rings is 9. The van der Waals surface area contributed by atoms with Crippen LogP contribution in [0.4, 0.5) is 0 Å². The molecule has 0 amide bonds. The molecule has 6 nitrogen and oxygen atoms in total. The molecule has 0 aliphatic carbocycles. The molecule has 0 aliphatic heterocycles. The smallest absolute Gasteiger partial charge is 0.164 e. The van der Waals surface area contributed by atoms with Crippen molar-refractivity contribution >= 4 is 43.6 Å². The molecule has 298 valence electrons. The first kappa shape index (κ1) is 36.9. The van der Waals surface area contributed by atoms with E-state index in [2.05, 4.69) is 185 Å². The topological polar surface area (TPSA) is 72.3 Å². The maximum atomic E-state index is 9.91. The van der Waals surface area contributed by atoms with Crippen LogP contribution in [0.3, 0.4) is 0 Å². The summed E-state index contributed by atoms with van der Waals surface area (Å²) in [4.78, 5) is 15.6. The van der Waals surface area contributed by atoms with Crippen molar-refractivity contribution in [3.8, 4) is 73.9 Å². The van der Waals surface area contributed by atoms with Gasteiger partial charge in [0, 0.05) is 43.9 Å². The number of aromatic nitrogens is 5. The second-order valence-electron chi connectivity index (χ2n) is 15.9. The third-order valence-electron chi connectivity index (χ3n) is 12.2. The number of hydrogen-bond acceptors (Lipinski definition) is 4. The lowest BCUT2D eigenvalue weighted by Gasteiger charge is -2.17. The summed E-state index contributed by atoms with van der Waals surface area (Å²) in [5, 5.41) is 14.6. The summed E-state index contributed by atoms with van der Waals surface area (Å²) in [5.74, 6) is 1.55. The second kappa shape index (κ2) is 15.2. The first-order valence-electron chi connectivity index (χ1n) is 21.3. The summed E-state index contributed by atoms with van der Waals surface area (Å²) < 4.78 is 4.80. The van der Waals surface area contributed by atoms with Crippen LogP contribution >= 0.6 is 0 Å². The van der Waals surface area contributed by atoms with Gasteiger partial charge in [0.1, 0.15) is 0 Å². The average Bonchev–Trinajstić information content (AvgIpc) is 3.90. The summed E-state index contributed by atoms with van der Waals surface area (Å²) in [6.07, 6.45) is 0. The number of para-hydroxylation sites is 4. The molecule has 0 bridgehead atoms. The normalized spacial score (nSPS) is 11.4. The number of fused-ring (bicyclic) bond motifs is 6. The maximum absolute atomic E-state index is 9.91. The van der Waals surface area contributed by atoms with Crippen LogP contribution < -0.4 is 0 Å². The van der Waals surface area contributed by atoms with Gasteiger partial charge in [-0.3, -0.25) is 0 Å². The van der Waals surface area contributed by atoms with Crippen molar-refractivity contribution in [3.05, 3.63) is 224 Å². The first-order chi connectivity index (χ1) is 31.7. The predicted octanol–water partition coefficient (Wildman–Crippen LogP) is 14.3. The standard InChI is InChI=1S/C58H36N6/c59-37-38-15-13-20-43(35-38)57-60-56(42-31-29-40(30-32-42)39-16-3-1-4-17-39)61-58(62-57)50-36-44(33-34-45(50)41-18-5-2-6-19-41)63-51-25-10-9-23-48(51)49-24-14-28-54(55(49)63)64-52-26-11-7-21-46(52)47-22-8-12-27-53(47)64/h1-36H. The van der Waals surface area contributed by atoms with Gasteiger partial charge in [-0.25, -0.2) is 15.0 Å². The van der Waals surface area contributed by atoms with Gasteiger partial charge in [0.05, 0.1) is 39.4 Å². The SMILES string of the molecule is N#Cc1cccc(-c2nc(-c3ccc(-c4ccccc4)cc3)nc(-c3cc(-n4c5ccccc5c5cccc(-n6c7ccccc7c7ccccc76)c54)ccc3-c3ccccc3)n2)c1. The summed E-state index contributed by atoms with van der Waals surface area (Å²) in [6.45, 7) is 0. The Hall–Kier alpha value is -8.92. The third kappa shape index (κ3) is 6.14. The highest BCUT2D eigenvalue weighted by Gasteiger charge is 2.22. The van der Waals surface area contributed by atoms with Crippen LogP contribution in [0.5, 0.6) is 0 Å². The minimum absolute atomic E-state index is 0.485. The third-order valence-corrected chi connectivity index (χ3v) is 12.2. The Kier molecular flexibility index (Phi) is 8.77. The van der Waals surface area contributed by atoms with E-state index in [4.69, 9.17) is 15.0 Å². The van der Waals surface area contributed by atoms with E-state index in [0.29, 0.717) is 23.0 Å². The fourth-order valence-corrected chi connectivity index (χ4v) is 9.28. The molecular formula is C58H36N6. The van der Waals surface area contributed by atoms with Crippen LogP contribution in [0.25, 0.3) is 111 Å². The van der Waals surface area contributed by atoms with Gasteiger partial charge >= 0.3 is 0 Å². The fourth-order valence-electron chi connectivity index (χ4n) is 9.28. The van der Waals surface area contributed by atoms with Crippen molar-refractivity contribution in [2.24, 2.45) is 0 Å². The van der Waals surface area contributed by atoms with Gasteiger partial charge in [-0.05, 0) is 70.8 Å². The molecule has 0 saturated carbocycles. The summed E-state index contributed by atoms with van der Waals surface area (Å²) in [7, 11) is 0. The van der Waals surface area contributed by atoms with Crippen LogP contribution in [0, 0.1) is 11.3 Å². The first-order valence-corrected chi connectivity index (χ1v) is 21.3. The largest absolute Gasteiger partial charge is 0.307 e. The van der Waals surface area contributed by atoms with Crippen molar-refractivity contribution in [2.75, 3.05) is 0 Å². The molecular weight excluding hydrogens is 781 g/mol. The highest BCUT2D eigenvalue weighted by atomic mass is 15.1. The Morgan fingerprint density at radius 2 is 0.844 bits per heavy atom. The maximum Gasteiger partial charge on any atom is 0.164 e. The van der Waals surface area contributed by atoms with Gasteiger partial charge in [-0.2, -0.15) is 5.26 Å². The molecule has 0 radical (unpaired) electrons. The highest BCUT2D eigenvalue weighted by Crippen LogP contribution is 2.41. The molecule has 12 aromatic rings. The zero-order valence-electron chi connectivity index (χ0n) is 34.5. The van der Waals surface area contributed by atoms with Crippen molar-refractivity contribution < 1.29 is 0 Å². The minimum Gasteiger partial charge on any atom is -0.307 e. The summed E-state index contributed by atoms with van der Waals surface area (Å²) in [5.41, 5.74) is 13.8. The Morgan fingerprint density at radius 1 is 0.344 bits per heavy atom. The van der Waals surface area contributed by atoms with Gasteiger partial charge in [-0.1, -0.05) is 170 Å². The number of rotatable bonds is 7. The lowest BCUT2D eigenvalue weighted by atomic mass is 9.98. The minimum atomic E-state index is 0.485. The lowest BCUT2D eigenvalue weighted by molar-refractivity contribution is 1.07. The number of nitriles is 1. The second-order valence-corrected chi connectivity index (χ2v) is 15.9. The monoisotopic (exact) mass is 816 g/mol. The van der Waals surface area contributed by atoms with Crippen LogP contribution in [0.15, 0.2) is 218 Å². The van der Waals surface area contributed by atoms with E-state index in [9.17, 15) is 5.26 Å². The molecule has 0 saturated heterocycles. The van der Waals surface area contributed by atoms with Crippen molar-refractivity contribution in [1.82, 2.24) is 24.1 Å². The highest BCUT2D eigenvalue weighted by molar-refractivity contribution is 6.15. The Bertz CT molecular complexity index is 3730. The van der Waals surface area contributed by atoms with Crippen molar-refractivity contribution in [1.29, 1.82) is 5.26 Å². The molecule has 0 aliphatic rings. The van der Waals surface area contributed by atoms with Crippen molar-refractivity contribution in [3.63, 3.8) is 0 Å². The lowest BCUT2D eigenvalue weighted by Crippen LogP contribution is -2.03. The molecule has 0 atom stereocenters. The molecule has 0 N–H and O–H groups in total. The quantitative estimate of drug-likeness (QED) is 0.161. The summed E-state index contributed by atoms with van der Waals surface area (Å²) >= 11 is 0. The molecule has 3 aromatic heterocycles. The van der Waals surface area contributed by atoms with E-state index in [1.165, 1.54) is 10.8 Å². The van der Waals surface area contributed by atoms with Gasteiger partial charge in [0.25, 0.3) is 0 Å². The van der Waals surface area contributed by atoms with E-state index in [0.717, 1.165) is 83.2 Å². The Labute approximate surface area is 369 Å². The molecule has 9 aromatic carbocycles. The van der Waals surface area contributed by atoms with Crippen LogP contribution in [0.2, 0.25) is 0 Å². The molecule has 64 heavy (non-hydrogen) atoms.